The van der Waals surface area contributed by atoms with Crippen molar-refractivity contribution < 1.29 is 23.0 Å². The highest BCUT2D eigenvalue weighted by Gasteiger charge is 2.23. The molecule has 6 nitrogen and oxygen atoms in total. The molecule has 0 N–H and O–H groups in total. The lowest BCUT2D eigenvalue weighted by atomic mass is 10.1. The first-order valence-corrected chi connectivity index (χ1v) is 11.1. The first kappa shape index (κ1) is 20.4. The summed E-state index contributed by atoms with van der Waals surface area (Å²) in [5.41, 5.74) is 2.23. The molecule has 0 aliphatic carbocycles. The molecule has 0 amide bonds. The Morgan fingerprint density at radius 3 is 2.77 bits per heavy atom. The van der Waals surface area contributed by atoms with Gasteiger partial charge in [-0.3, -0.25) is 4.57 Å². The first-order valence-electron chi connectivity index (χ1n) is 10.1. The Morgan fingerprint density at radius 1 is 1.10 bits per heavy atom. The number of halogens is 2. The van der Waals surface area contributed by atoms with E-state index in [0.717, 1.165) is 30.6 Å². The van der Waals surface area contributed by atoms with E-state index < -0.39 is 0 Å². The van der Waals surface area contributed by atoms with Crippen molar-refractivity contribution in [3.05, 3.63) is 59.2 Å². The molecule has 0 radical (unpaired) electrons. The third kappa shape index (κ3) is 4.44. The summed E-state index contributed by atoms with van der Waals surface area (Å²) in [5, 5.41) is 9.43. The molecule has 31 heavy (non-hydrogen) atoms. The highest BCUT2D eigenvalue weighted by Crippen LogP contribution is 2.35. The number of fused-ring (bicyclic) bond motifs is 1. The molecule has 162 valence electrons. The lowest BCUT2D eigenvalue weighted by Crippen LogP contribution is -2.17. The summed E-state index contributed by atoms with van der Waals surface area (Å²) in [6, 6.07) is 9.12. The lowest BCUT2D eigenvalue weighted by Gasteiger charge is -2.21. The number of hydrogen-bond acceptors (Lipinski definition) is 6. The van der Waals surface area contributed by atoms with Crippen molar-refractivity contribution in [2.24, 2.45) is 0 Å². The predicted octanol–water partition coefficient (Wildman–Crippen LogP) is 4.56. The Labute approximate surface area is 182 Å². The van der Waals surface area contributed by atoms with Crippen LogP contribution in [-0.4, -0.2) is 34.3 Å². The van der Waals surface area contributed by atoms with Crippen LogP contribution in [0.4, 0.5) is 8.78 Å². The molecule has 2 aliphatic rings. The van der Waals surface area contributed by atoms with Crippen LogP contribution in [0.3, 0.4) is 0 Å². The van der Waals surface area contributed by atoms with Gasteiger partial charge in [-0.15, -0.1) is 10.2 Å². The fraction of sp³-hybridized carbons (Fsp3) is 0.364. The number of nitrogens with zero attached hydrogens (tertiary/aromatic N) is 3. The van der Waals surface area contributed by atoms with E-state index in [1.165, 1.54) is 36.0 Å². The van der Waals surface area contributed by atoms with Crippen LogP contribution in [0.25, 0.3) is 11.4 Å². The Balaban J connectivity index is 1.43. The summed E-state index contributed by atoms with van der Waals surface area (Å²) in [4.78, 5) is 0. The molecule has 3 aromatic rings. The second-order valence-corrected chi connectivity index (χ2v) is 8.45. The van der Waals surface area contributed by atoms with Gasteiger partial charge in [0, 0.05) is 29.1 Å². The fourth-order valence-corrected chi connectivity index (χ4v) is 4.79. The fourth-order valence-electron chi connectivity index (χ4n) is 3.87. The van der Waals surface area contributed by atoms with Gasteiger partial charge in [0.25, 0.3) is 0 Å². The molecule has 1 aromatic heterocycles. The van der Waals surface area contributed by atoms with E-state index in [2.05, 4.69) is 10.2 Å². The quantitative estimate of drug-likeness (QED) is 0.519. The molecule has 1 unspecified atom stereocenters. The molecule has 1 fully saturated rings. The summed E-state index contributed by atoms with van der Waals surface area (Å²) in [7, 11) is 0. The van der Waals surface area contributed by atoms with E-state index in [0.29, 0.717) is 41.2 Å². The van der Waals surface area contributed by atoms with Crippen molar-refractivity contribution in [3.8, 4) is 17.1 Å². The maximum absolute atomic E-state index is 14.1. The zero-order valence-corrected chi connectivity index (χ0v) is 17.5. The van der Waals surface area contributed by atoms with Crippen LogP contribution in [0.1, 0.15) is 24.0 Å². The van der Waals surface area contributed by atoms with Crippen LogP contribution < -0.4 is 4.74 Å². The average Bonchev–Trinajstić information content (AvgIpc) is 3.43. The van der Waals surface area contributed by atoms with E-state index in [4.69, 9.17) is 14.2 Å². The Morgan fingerprint density at radius 2 is 1.97 bits per heavy atom. The number of aromatic nitrogens is 3. The molecule has 1 saturated heterocycles. The van der Waals surface area contributed by atoms with Gasteiger partial charge in [-0.2, -0.15) is 0 Å². The van der Waals surface area contributed by atoms with Crippen LogP contribution in [0, 0.1) is 11.6 Å². The highest BCUT2D eigenvalue weighted by molar-refractivity contribution is 7.98. The summed E-state index contributed by atoms with van der Waals surface area (Å²) < 4.78 is 46.2. The topological polar surface area (TPSA) is 58.4 Å². The second kappa shape index (κ2) is 8.94. The van der Waals surface area contributed by atoms with Crippen molar-refractivity contribution in [1.29, 1.82) is 0 Å². The minimum Gasteiger partial charge on any atom is -0.467 e. The van der Waals surface area contributed by atoms with Crippen molar-refractivity contribution >= 4 is 11.8 Å². The smallest absolute Gasteiger partial charge is 0.191 e. The van der Waals surface area contributed by atoms with Gasteiger partial charge < -0.3 is 14.2 Å². The molecule has 0 spiro atoms. The van der Waals surface area contributed by atoms with E-state index in [-0.39, 0.29) is 24.5 Å². The summed E-state index contributed by atoms with van der Waals surface area (Å²) >= 11 is 1.46. The van der Waals surface area contributed by atoms with Gasteiger partial charge in [0.1, 0.15) is 17.4 Å². The third-order valence-electron chi connectivity index (χ3n) is 5.34. The van der Waals surface area contributed by atoms with Crippen LogP contribution in [0.15, 0.2) is 41.6 Å². The molecule has 2 aliphatic heterocycles. The molecule has 9 heteroatoms. The third-order valence-corrected chi connectivity index (χ3v) is 6.35. The van der Waals surface area contributed by atoms with Crippen LogP contribution in [0.5, 0.6) is 5.75 Å². The standard InChI is InChI=1S/C22H21F2N3O3S/c23-17-5-3-14(4-6-17)21-25-26-22(27(21)10-19-2-1-7-29-19)31-12-16-9-18(24)8-15-11-28-13-30-20(15)16/h3-6,8-9,19H,1-2,7,10-13H2. The van der Waals surface area contributed by atoms with Crippen molar-refractivity contribution in [2.45, 2.75) is 43.0 Å². The Bertz CT molecular complexity index is 1070. The average molecular weight is 445 g/mol. The van der Waals surface area contributed by atoms with Gasteiger partial charge >= 0.3 is 0 Å². The Kier molecular flexibility index (Phi) is 5.89. The SMILES string of the molecule is Fc1ccc(-c2nnc(SCc3cc(F)cc4c3OCOC4)n2CC2CCCO2)cc1. The van der Waals surface area contributed by atoms with Gasteiger partial charge in [-0.1, -0.05) is 11.8 Å². The maximum atomic E-state index is 14.1. The second-order valence-electron chi connectivity index (χ2n) is 7.51. The van der Waals surface area contributed by atoms with Gasteiger partial charge in [0.2, 0.25) is 0 Å². The zero-order chi connectivity index (χ0) is 21.2. The van der Waals surface area contributed by atoms with E-state index >= 15 is 0 Å². The maximum Gasteiger partial charge on any atom is 0.191 e. The van der Waals surface area contributed by atoms with Gasteiger partial charge in [0.05, 0.1) is 19.3 Å². The largest absolute Gasteiger partial charge is 0.467 e. The molecular formula is C22H21F2N3O3S. The molecule has 0 saturated carbocycles. The molecule has 0 bridgehead atoms. The molecule has 2 aromatic carbocycles. The molecule has 1 atom stereocenters. The number of hydrogen-bond donors (Lipinski definition) is 0. The predicted molar refractivity (Wildman–Crippen MR) is 111 cm³/mol. The molecular weight excluding hydrogens is 424 g/mol. The van der Waals surface area contributed by atoms with Crippen LogP contribution >= 0.6 is 11.8 Å². The van der Waals surface area contributed by atoms with Crippen LogP contribution in [-0.2, 0) is 28.4 Å². The first-order chi connectivity index (χ1) is 15.2. The van der Waals surface area contributed by atoms with E-state index in [1.807, 2.05) is 4.57 Å². The Hall–Kier alpha value is -2.49. The minimum absolute atomic E-state index is 0.0805. The monoisotopic (exact) mass is 445 g/mol. The highest BCUT2D eigenvalue weighted by atomic mass is 32.2. The molecule has 3 heterocycles. The molecule has 5 rings (SSSR count). The number of rotatable bonds is 6. The van der Waals surface area contributed by atoms with Gasteiger partial charge in [-0.05, 0) is 49.2 Å². The summed E-state index contributed by atoms with van der Waals surface area (Å²) in [6.07, 6.45) is 2.07. The van der Waals surface area contributed by atoms with E-state index in [1.54, 1.807) is 12.1 Å². The van der Waals surface area contributed by atoms with Gasteiger partial charge in [0.15, 0.2) is 17.8 Å². The van der Waals surface area contributed by atoms with Crippen molar-refractivity contribution in [2.75, 3.05) is 13.4 Å². The number of benzene rings is 2. The summed E-state index contributed by atoms with van der Waals surface area (Å²) in [6.45, 7) is 1.83. The number of thioether (sulfide) groups is 1. The van der Waals surface area contributed by atoms with Crippen LogP contribution in [0.2, 0.25) is 0 Å². The lowest BCUT2D eigenvalue weighted by molar-refractivity contribution is -0.0171. The minimum atomic E-state index is -0.323. The normalized spacial score (nSPS) is 18.1. The van der Waals surface area contributed by atoms with Crippen molar-refractivity contribution in [3.63, 3.8) is 0 Å². The van der Waals surface area contributed by atoms with Gasteiger partial charge in [-0.25, -0.2) is 8.78 Å². The number of ether oxygens (including phenoxy) is 3. The zero-order valence-electron chi connectivity index (χ0n) is 16.7. The van der Waals surface area contributed by atoms with Crippen molar-refractivity contribution in [1.82, 2.24) is 14.8 Å². The van der Waals surface area contributed by atoms with E-state index in [9.17, 15) is 8.78 Å². The summed E-state index contributed by atoms with van der Waals surface area (Å²) in [5.74, 6) is 1.17.